The molecule has 1 amide bonds. The van der Waals surface area contributed by atoms with E-state index in [1.807, 2.05) is 68.4 Å². The van der Waals surface area contributed by atoms with E-state index < -0.39 is 5.25 Å². The zero-order chi connectivity index (χ0) is 22.7. The highest BCUT2D eigenvalue weighted by Gasteiger charge is 2.23. The highest BCUT2D eigenvalue weighted by Crippen LogP contribution is 2.28. The van der Waals surface area contributed by atoms with Crippen LogP contribution in [0.4, 0.5) is 5.69 Å². The molecule has 1 N–H and O–H groups in total. The third-order valence-electron chi connectivity index (χ3n) is 5.13. The fourth-order valence-corrected chi connectivity index (χ4v) is 4.59. The number of carbonyl (C=O) groups is 1. The molecule has 162 valence electrons. The lowest BCUT2D eigenvalue weighted by Gasteiger charge is -2.18. The van der Waals surface area contributed by atoms with Crippen LogP contribution in [0.1, 0.15) is 18.9 Å². The third kappa shape index (κ3) is 4.56. The van der Waals surface area contributed by atoms with Crippen molar-refractivity contribution in [3.8, 4) is 5.69 Å². The molecule has 4 rings (SSSR count). The monoisotopic (exact) mass is 463 g/mol. The molecule has 1 atom stereocenters. The molecule has 1 heterocycles. The first-order valence-electron chi connectivity index (χ1n) is 10.3. The number of aryl methyl sites for hydroxylation is 1. The molecule has 0 saturated heterocycles. The van der Waals surface area contributed by atoms with Gasteiger partial charge in [-0.25, -0.2) is 4.98 Å². The van der Waals surface area contributed by atoms with Crippen molar-refractivity contribution in [3.63, 3.8) is 0 Å². The van der Waals surface area contributed by atoms with E-state index in [1.54, 1.807) is 22.8 Å². The number of amides is 1. The quantitative estimate of drug-likeness (QED) is 0.287. The van der Waals surface area contributed by atoms with Crippen molar-refractivity contribution < 1.29 is 4.79 Å². The molecule has 0 fully saturated rings. The Bertz CT molecular complexity index is 1340. The standard InChI is InChI=1S/C25H22ClN3O2S/c1-3-22(23(30)27-21-15-17(26)14-13-16(21)2)32-25-28-20-12-8-7-11-19(20)24(31)29(25)18-9-5-4-6-10-18/h4-15,22H,3H2,1-2H3,(H,27,30). The lowest BCUT2D eigenvalue weighted by Crippen LogP contribution is -2.27. The molecule has 0 spiro atoms. The highest BCUT2D eigenvalue weighted by atomic mass is 35.5. The van der Waals surface area contributed by atoms with E-state index in [-0.39, 0.29) is 11.5 Å². The molecule has 0 bridgehead atoms. The predicted octanol–water partition coefficient (Wildman–Crippen LogP) is 5.86. The van der Waals surface area contributed by atoms with Crippen molar-refractivity contribution in [1.29, 1.82) is 0 Å². The number of anilines is 1. The molecule has 4 aromatic rings. The molecular weight excluding hydrogens is 442 g/mol. The number of carbonyl (C=O) groups excluding carboxylic acids is 1. The van der Waals surface area contributed by atoms with Crippen LogP contribution in [-0.2, 0) is 4.79 Å². The van der Waals surface area contributed by atoms with Gasteiger partial charge < -0.3 is 5.32 Å². The molecule has 0 radical (unpaired) electrons. The Balaban J connectivity index is 1.74. The van der Waals surface area contributed by atoms with Gasteiger partial charge >= 0.3 is 0 Å². The number of hydrogen-bond donors (Lipinski definition) is 1. The number of nitrogens with zero attached hydrogens (tertiary/aromatic N) is 2. The Kier molecular flexibility index (Phi) is 6.63. The summed E-state index contributed by atoms with van der Waals surface area (Å²) < 4.78 is 1.58. The van der Waals surface area contributed by atoms with E-state index in [2.05, 4.69) is 5.32 Å². The molecule has 0 aliphatic rings. The van der Waals surface area contributed by atoms with Gasteiger partial charge in [0.15, 0.2) is 5.16 Å². The van der Waals surface area contributed by atoms with Crippen LogP contribution in [0, 0.1) is 6.92 Å². The van der Waals surface area contributed by atoms with Gasteiger partial charge in [-0.15, -0.1) is 0 Å². The van der Waals surface area contributed by atoms with Gasteiger partial charge in [-0.3, -0.25) is 14.2 Å². The minimum atomic E-state index is -0.448. The van der Waals surface area contributed by atoms with Crippen molar-refractivity contribution in [2.75, 3.05) is 5.32 Å². The van der Waals surface area contributed by atoms with Crippen molar-refractivity contribution in [1.82, 2.24) is 9.55 Å². The minimum Gasteiger partial charge on any atom is -0.325 e. The molecule has 1 unspecified atom stereocenters. The van der Waals surface area contributed by atoms with Crippen molar-refractivity contribution in [2.45, 2.75) is 30.7 Å². The number of rotatable bonds is 6. The summed E-state index contributed by atoms with van der Waals surface area (Å²) in [6.45, 7) is 3.85. The second-order valence-electron chi connectivity index (χ2n) is 7.35. The van der Waals surface area contributed by atoms with Crippen LogP contribution < -0.4 is 10.9 Å². The maximum absolute atomic E-state index is 13.4. The van der Waals surface area contributed by atoms with Crippen molar-refractivity contribution in [3.05, 3.63) is 93.7 Å². The van der Waals surface area contributed by atoms with Crippen LogP contribution in [-0.4, -0.2) is 20.7 Å². The summed E-state index contributed by atoms with van der Waals surface area (Å²) in [5.41, 5.74) is 2.75. The van der Waals surface area contributed by atoms with Crippen molar-refractivity contribution >= 4 is 45.9 Å². The Morgan fingerprint density at radius 1 is 1.09 bits per heavy atom. The van der Waals surface area contributed by atoms with Gasteiger partial charge in [-0.2, -0.15) is 0 Å². The maximum Gasteiger partial charge on any atom is 0.266 e. The molecule has 7 heteroatoms. The summed E-state index contributed by atoms with van der Waals surface area (Å²) >= 11 is 7.38. The predicted molar refractivity (Wildman–Crippen MR) is 132 cm³/mol. The zero-order valence-corrected chi connectivity index (χ0v) is 19.3. The van der Waals surface area contributed by atoms with E-state index in [9.17, 15) is 9.59 Å². The van der Waals surface area contributed by atoms with Crippen LogP contribution in [0.5, 0.6) is 0 Å². The largest absolute Gasteiger partial charge is 0.325 e. The first-order chi connectivity index (χ1) is 15.5. The summed E-state index contributed by atoms with van der Waals surface area (Å²) in [5, 5.41) is 4.09. The second kappa shape index (κ2) is 9.59. The van der Waals surface area contributed by atoms with Gasteiger partial charge in [0.1, 0.15) is 0 Å². The highest BCUT2D eigenvalue weighted by molar-refractivity contribution is 8.00. The van der Waals surface area contributed by atoms with E-state index in [4.69, 9.17) is 16.6 Å². The Morgan fingerprint density at radius 3 is 2.56 bits per heavy atom. The first-order valence-corrected chi connectivity index (χ1v) is 11.5. The topological polar surface area (TPSA) is 64.0 Å². The number of nitrogens with one attached hydrogen (secondary N) is 1. The minimum absolute atomic E-state index is 0.162. The molecule has 32 heavy (non-hydrogen) atoms. The fourth-order valence-electron chi connectivity index (χ4n) is 3.39. The molecular formula is C25H22ClN3O2S. The molecule has 1 aromatic heterocycles. The van der Waals surface area contributed by atoms with E-state index in [0.29, 0.717) is 38.9 Å². The molecule has 3 aromatic carbocycles. The molecule has 0 aliphatic carbocycles. The Hall–Kier alpha value is -3.09. The lowest BCUT2D eigenvalue weighted by molar-refractivity contribution is -0.115. The average molecular weight is 464 g/mol. The number of aromatic nitrogens is 2. The SMILES string of the molecule is CCC(Sc1nc2ccccc2c(=O)n1-c1ccccc1)C(=O)Nc1cc(Cl)ccc1C. The van der Waals surface area contributed by atoms with Gasteiger partial charge in [0.05, 0.1) is 21.8 Å². The smallest absolute Gasteiger partial charge is 0.266 e. The molecule has 5 nitrogen and oxygen atoms in total. The first kappa shape index (κ1) is 22.1. The fraction of sp³-hybridized carbons (Fsp3) is 0.160. The Labute approximate surface area is 195 Å². The normalized spacial score (nSPS) is 12.0. The zero-order valence-electron chi connectivity index (χ0n) is 17.7. The number of fused-ring (bicyclic) bond motifs is 1. The van der Waals surface area contributed by atoms with Gasteiger partial charge in [-0.05, 0) is 55.3 Å². The van der Waals surface area contributed by atoms with E-state index in [1.165, 1.54) is 11.8 Å². The summed E-state index contributed by atoms with van der Waals surface area (Å²) in [6.07, 6.45) is 0.563. The second-order valence-corrected chi connectivity index (χ2v) is 8.96. The summed E-state index contributed by atoms with van der Waals surface area (Å²) in [5.74, 6) is -0.162. The number of para-hydroxylation sites is 2. The number of halogens is 1. The summed E-state index contributed by atoms with van der Waals surface area (Å²) in [7, 11) is 0. The third-order valence-corrected chi connectivity index (χ3v) is 6.68. The van der Waals surface area contributed by atoms with Crippen LogP contribution in [0.2, 0.25) is 5.02 Å². The van der Waals surface area contributed by atoms with Gasteiger partial charge in [0.2, 0.25) is 5.91 Å². The van der Waals surface area contributed by atoms with E-state index in [0.717, 1.165) is 5.56 Å². The van der Waals surface area contributed by atoms with Crippen molar-refractivity contribution in [2.24, 2.45) is 0 Å². The summed E-state index contributed by atoms with van der Waals surface area (Å²) in [6, 6.07) is 22.0. The number of benzene rings is 3. The van der Waals surface area contributed by atoms with Gasteiger partial charge in [0, 0.05) is 10.7 Å². The van der Waals surface area contributed by atoms with Crippen LogP contribution in [0.3, 0.4) is 0 Å². The van der Waals surface area contributed by atoms with Crippen LogP contribution >= 0.6 is 23.4 Å². The molecule has 0 aliphatic heterocycles. The Morgan fingerprint density at radius 2 is 1.81 bits per heavy atom. The van der Waals surface area contributed by atoms with Gasteiger partial charge in [0.25, 0.3) is 5.56 Å². The lowest BCUT2D eigenvalue weighted by atomic mass is 10.2. The average Bonchev–Trinajstić information content (AvgIpc) is 2.80. The van der Waals surface area contributed by atoms with Crippen LogP contribution in [0.15, 0.2) is 82.7 Å². The van der Waals surface area contributed by atoms with Gasteiger partial charge in [-0.1, -0.05) is 66.7 Å². The molecule has 0 saturated carbocycles. The summed E-state index contributed by atoms with van der Waals surface area (Å²) in [4.78, 5) is 31.2. The van der Waals surface area contributed by atoms with E-state index >= 15 is 0 Å². The van der Waals surface area contributed by atoms with Crippen LogP contribution in [0.25, 0.3) is 16.6 Å². The number of thioether (sulfide) groups is 1. The number of hydrogen-bond acceptors (Lipinski definition) is 4. The maximum atomic E-state index is 13.4.